The smallest absolute Gasteiger partial charge is 0.319 e. The van der Waals surface area contributed by atoms with Crippen LogP contribution in [0, 0.1) is 0 Å². The minimum Gasteiger partial charge on any atom is -0.489 e. The lowest BCUT2D eigenvalue weighted by Gasteiger charge is -2.23. The number of benzene rings is 2. The number of rotatable bonds is 9. The molecule has 1 aliphatic heterocycles. The van der Waals surface area contributed by atoms with Crippen LogP contribution < -0.4 is 30.2 Å². The van der Waals surface area contributed by atoms with Gasteiger partial charge in [-0.05, 0) is 51.6 Å². The zero-order valence-corrected chi connectivity index (χ0v) is 21.0. The normalized spacial score (nSPS) is 14.6. The van der Waals surface area contributed by atoms with Gasteiger partial charge in [0.2, 0.25) is 5.75 Å². The summed E-state index contributed by atoms with van der Waals surface area (Å²) >= 11 is 6.45. The average Bonchev–Trinajstić information content (AvgIpc) is 3.67. The number of urea groups is 1. The lowest BCUT2D eigenvalue weighted by molar-refractivity contribution is 0.163. The first-order valence-electron chi connectivity index (χ1n) is 12.0. The van der Waals surface area contributed by atoms with E-state index < -0.39 is 0 Å². The summed E-state index contributed by atoms with van der Waals surface area (Å²) in [6.07, 6.45) is 4.39. The second-order valence-electron chi connectivity index (χ2n) is 9.04. The summed E-state index contributed by atoms with van der Waals surface area (Å²) in [6.45, 7) is 2.32. The molecule has 0 unspecified atom stereocenters. The van der Waals surface area contributed by atoms with Gasteiger partial charge < -0.3 is 35.1 Å². The maximum atomic E-state index is 12.1. The van der Waals surface area contributed by atoms with E-state index in [-0.39, 0.29) is 12.1 Å². The van der Waals surface area contributed by atoms with E-state index in [1.165, 1.54) is 6.33 Å². The molecule has 3 aromatic rings. The van der Waals surface area contributed by atoms with E-state index in [1.54, 1.807) is 12.1 Å². The van der Waals surface area contributed by atoms with E-state index in [2.05, 4.69) is 30.8 Å². The van der Waals surface area contributed by atoms with Crippen molar-refractivity contribution < 1.29 is 19.0 Å². The zero-order chi connectivity index (χ0) is 25.1. The molecule has 3 N–H and O–H groups in total. The molecule has 0 atom stereocenters. The number of aromatic nitrogens is 2. The number of carbonyl (C=O) groups is 1. The molecule has 5 rings (SSSR count). The first kappa shape index (κ1) is 24.2. The van der Waals surface area contributed by atoms with E-state index in [9.17, 15) is 4.79 Å². The number of anilines is 3. The van der Waals surface area contributed by atoms with Gasteiger partial charge in [-0.1, -0.05) is 11.6 Å². The van der Waals surface area contributed by atoms with Crippen LogP contribution in [0.1, 0.15) is 19.3 Å². The van der Waals surface area contributed by atoms with Crippen molar-refractivity contribution in [1.29, 1.82) is 0 Å². The Morgan fingerprint density at radius 3 is 2.72 bits per heavy atom. The molecule has 1 saturated carbocycles. The predicted molar refractivity (Wildman–Crippen MR) is 139 cm³/mol. The molecule has 0 saturated heterocycles. The summed E-state index contributed by atoms with van der Waals surface area (Å²) in [5, 5.41) is 10.1. The molecule has 2 aromatic carbocycles. The summed E-state index contributed by atoms with van der Waals surface area (Å²) in [5.74, 6) is 2.24. The van der Waals surface area contributed by atoms with E-state index in [0.717, 1.165) is 25.8 Å². The molecule has 2 aliphatic rings. The number of amides is 2. The van der Waals surface area contributed by atoms with Crippen LogP contribution in [0.5, 0.6) is 17.2 Å². The summed E-state index contributed by atoms with van der Waals surface area (Å²) in [4.78, 5) is 23.1. The molecule has 2 heterocycles. The van der Waals surface area contributed by atoms with Gasteiger partial charge in [0.15, 0.2) is 11.5 Å². The van der Waals surface area contributed by atoms with E-state index in [0.29, 0.717) is 70.2 Å². The van der Waals surface area contributed by atoms with Crippen LogP contribution >= 0.6 is 11.6 Å². The lowest BCUT2D eigenvalue weighted by atomic mass is 10.1. The summed E-state index contributed by atoms with van der Waals surface area (Å²) in [7, 11) is 4.06. The first-order valence-corrected chi connectivity index (χ1v) is 12.3. The number of nitrogens with zero attached hydrogens (tertiary/aromatic N) is 3. The SMILES string of the molecule is CN(C)CCCOc1cc2ncnc(Nc3ccc(NC(=O)NC4CC4)c(Cl)c3)c2c2c1OCCO2. The number of hydrogen-bond acceptors (Lipinski definition) is 8. The fourth-order valence-corrected chi connectivity index (χ4v) is 4.10. The highest BCUT2D eigenvalue weighted by molar-refractivity contribution is 6.34. The van der Waals surface area contributed by atoms with Crippen LogP contribution in [0.4, 0.5) is 22.0 Å². The number of fused-ring (bicyclic) bond motifs is 3. The number of hydrogen-bond donors (Lipinski definition) is 3. The molecule has 0 bridgehead atoms. The van der Waals surface area contributed by atoms with Gasteiger partial charge in [0.05, 0.1) is 28.2 Å². The maximum Gasteiger partial charge on any atom is 0.319 e. The highest BCUT2D eigenvalue weighted by Crippen LogP contribution is 2.47. The minimum absolute atomic E-state index is 0.259. The second-order valence-corrected chi connectivity index (χ2v) is 9.45. The van der Waals surface area contributed by atoms with E-state index >= 15 is 0 Å². The Bertz CT molecular complexity index is 1270. The van der Waals surface area contributed by atoms with Gasteiger partial charge in [0.25, 0.3) is 0 Å². The quantitative estimate of drug-likeness (QED) is 0.362. The lowest BCUT2D eigenvalue weighted by Crippen LogP contribution is -2.30. The van der Waals surface area contributed by atoms with Crippen molar-refractivity contribution in [2.45, 2.75) is 25.3 Å². The molecule has 0 radical (unpaired) electrons. The monoisotopic (exact) mass is 512 g/mol. The summed E-state index contributed by atoms with van der Waals surface area (Å²) < 4.78 is 18.0. The molecule has 11 heteroatoms. The van der Waals surface area contributed by atoms with Gasteiger partial charge in [-0.15, -0.1) is 0 Å². The Hall–Kier alpha value is -3.50. The van der Waals surface area contributed by atoms with Gasteiger partial charge >= 0.3 is 6.03 Å². The van der Waals surface area contributed by atoms with Crippen LogP contribution in [-0.2, 0) is 0 Å². The maximum absolute atomic E-state index is 12.1. The molecule has 1 aromatic heterocycles. The third-order valence-electron chi connectivity index (χ3n) is 5.78. The van der Waals surface area contributed by atoms with E-state index in [4.69, 9.17) is 25.8 Å². The Morgan fingerprint density at radius 1 is 1.17 bits per heavy atom. The van der Waals surface area contributed by atoms with Crippen molar-refractivity contribution in [2.24, 2.45) is 0 Å². The van der Waals surface area contributed by atoms with Crippen molar-refractivity contribution >= 4 is 45.7 Å². The van der Waals surface area contributed by atoms with Gasteiger partial charge in [-0.2, -0.15) is 0 Å². The average molecular weight is 513 g/mol. The van der Waals surface area contributed by atoms with Crippen molar-refractivity contribution in [1.82, 2.24) is 20.2 Å². The Labute approximate surface area is 214 Å². The summed E-state index contributed by atoms with van der Waals surface area (Å²) in [5.41, 5.74) is 1.89. The number of ether oxygens (including phenoxy) is 3. The van der Waals surface area contributed by atoms with Crippen LogP contribution in [0.15, 0.2) is 30.6 Å². The molecule has 1 fully saturated rings. The number of nitrogens with one attached hydrogen (secondary N) is 3. The highest BCUT2D eigenvalue weighted by atomic mass is 35.5. The van der Waals surface area contributed by atoms with Crippen LogP contribution in [0.2, 0.25) is 5.02 Å². The van der Waals surface area contributed by atoms with Crippen molar-refractivity contribution in [3.05, 3.63) is 35.6 Å². The molecule has 1 aliphatic carbocycles. The Morgan fingerprint density at radius 2 is 1.97 bits per heavy atom. The number of carbonyl (C=O) groups excluding carboxylic acids is 1. The van der Waals surface area contributed by atoms with Crippen molar-refractivity contribution in [2.75, 3.05) is 51.1 Å². The third kappa shape index (κ3) is 5.66. The highest BCUT2D eigenvalue weighted by Gasteiger charge is 2.25. The Balaban J connectivity index is 1.39. The molecular weight excluding hydrogens is 484 g/mol. The van der Waals surface area contributed by atoms with Crippen molar-refractivity contribution in [3.8, 4) is 17.2 Å². The second kappa shape index (κ2) is 10.6. The van der Waals surface area contributed by atoms with E-state index in [1.807, 2.05) is 26.2 Å². The van der Waals surface area contributed by atoms with Gasteiger partial charge in [-0.25, -0.2) is 14.8 Å². The number of halogens is 1. The van der Waals surface area contributed by atoms with Crippen LogP contribution in [0.3, 0.4) is 0 Å². The molecule has 190 valence electrons. The zero-order valence-electron chi connectivity index (χ0n) is 20.3. The molecular formula is C25H29ClN6O4. The fourth-order valence-electron chi connectivity index (χ4n) is 3.88. The topological polar surface area (TPSA) is 110 Å². The molecule has 0 spiro atoms. The fraction of sp³-hybridized carbons (Fsp3) is 0.400. The summed E-state index contributed by atoms with van der Waals surface area (Å²) in [6, 6.07) is 7.15. The molecule has 10 nitrogen and oxygen atoms in total. The van der Waals surface area contributed by atoms with Crippen LogP contribution in [0.25, 0.3) is 10.9 Å². The third-order valence-corrected chi connectivity index (χ3v) is 6.09. The van der Waals surface area contributed by atoms with Gasteiger partial charge in [-0.3, -0.25) is 0 Å². The van der Waals surface area contributed by atoms with Gasteiger partial charge in [0, 0.05) is 24.3 Å². The largest absolute Gasteiger partial charge is 0.489 e. The predicted octanol–water partition coefficient (Wildman–Crippen LogP) is 4.41. The minimum atomic E-state index is -0.259. The standard InChI is InChI=1S/C25H29ClN6O4/c1-32(2)8-3-9-34-20-13-19-21(23-22(20)35-10-11-36-23)24(28-14-27-19)29-16-6-7-18(17(26)12-16)31-25(33)30-15-4-5-15/h6-7,12-15H,3-5,8-11H2,1-2H3,(H,27,28,29)(H2,30,31,33). The molecule has 36 heavy (non-hydrogen) atoms. The van der Waals surface area contributed by atoms with Crippen molar-refractivity contribution in [3.63, 3.8) is 0 Å². The Kier molecular flexibility index (Phi) is 7.15. The van der Waals surface area contributed by atoms with Crippen LogP contribution in [-0.4, -0.2) is 67.4 Å². The first-order chi connectivity index (χ1) is 17.5. The molecule has 2 amide bonds. The van der Waals surface area contributed by atoms with Gasteiger partial charge in [0.1, 0.15) is 25.4 Å².